The Bertz CT molecular complexity index is 667. The van der Waals surface area contributed by atoms with E-state index in [9.17, 15) is 18.3 Å². The summed E-state index contributed by atoms with van der Waals surface area (Å²) in [5.74, 6) is -0.411. The molecule has 2 rings (SSSR count). The zero-order valence-corrected chi connectivity index (χ0v) is 14.2. The van der Waals surface area contributed by atoms with Crippen molar-refractivity contribution in [2.75, 3.05) is 26.2 Å². The van der Waals surface area contributed by atoms with Crippen molar-refractivity contribution in [3.05, 3.63) is 29.8 Å². The number of hydrogen-bond acceptors (Lipinski definition) is 5. The fraction of sp³-hybridized carbons (Fsp3) is 0.533. The van der Waals surface area contributed by atoms with Gasteiger partial charge in [-0.15, -0.1) is 0 Å². The number of sulfonamides is 1. The van der Waals surface area contributed by atoms with Gasteiger partial charge in [0.05, 0.1) is 17.0 Å². The summed E-state index contributed by atoms with van der Waals surface area (Å²) in [5, 5.41) is 9.61. The van der Waals surface area contributed by atoms with Crippen molar-refractivity contribution in [1.29, 1.82) is 0 Å². The third-order valence-electron chi connectivity index (χ3n) is 4.21. The average molecular weight is 341 g/mol. The summed E-state index contributed by atoms with van der Waals surface area (Å²) in [6, 6.07) is 5.94. The van der Waals surface area contributed by atoms with Crippen LogP contribution in [0, 0.1) is 0 Å². The van der Waals surface area contributed by atoms with Gasteiger partial charge in [-0.05, 0) is 31.5 Å². The molecule has 1 heterocycles. The van der Waals surface area contributed by atoms with Crippen molar-refractivity contribution in [1.82, 2.24) is 9.21 Å². The van der Waals surface area contributed by atoms with Crippen LogP contribution in [0.2, 0.25) is 0 Å². The number of benzene rings is 1. The third kappa shape index (κ3) is 3.89. The lowest BCUT2D eigenvalue weighted by molar-refractivity contribution is -0.123. The van der Waals surface area contributed by atoms with Crippen LogP contribution in [0.25, 0.3) is 0 Å². The number of amides is 1. The number of piperazine rings is 1. The summed E-state index contributed by atoms with van der Waals surface area (Å²) in [4.78, 5) is 13.3. The van der Waals surface area contributed by atoms with Crippen LogP contribution in [-0.4, -0.2) is 60.9 Å². The maximum atomic E-state index is 12.7. The maximum Gasteiger partial charge on any atom is 0.243 e. The first kappa shape index (κ1) is 17.9. The second-order valence-electron chi connectivity index (χ2n) is 5.77. The normalized spacial score (nSPS) is 20.1. The molecule has 0 saturated carbocycles. The Morgan fingerprint density at radius 3 is 2.35 bits per heavy atom. The van der Waals surface area contributed by atoms with E-state index in [1.165, 1.54) is 16.4 Å². The van der Waals surface area contributed by atoms with Gasteiger partial charge in [0.25, 0.3) is 0 Å². The maximum absolute atomic E-state index is 12.7. The molecule has 0 aliphatic carbocycles. The number of primary amides is 1. The van der Waals surface area contributed by atoms with Crippen molar-refractivity contribution in [2.45, 2.75) is 30.9 Å². The molecule has 2 atom stereocenters. The van der Waals surface area contributed by atoms with E-state index < -0.39 is 28.1 Å². The number of carbonyl (C=O) groups is 1. The first-order valence-corrected chi connectivity index (χ1v) is 8.99. The number of nitrogens with two attached hydrogens (primary N) is 1. The summed E-state index contributed by atoms with van der Waals surface area (Å²) in [5.41, 5.74) is 5.85. The molecule has 1 saturated heterocycles. The van der Waals surface area contributed by atoms with Crippen molar-refractivity contribution in [3.8, 4) is 0 Å². The molecule has 0 bridgehead atoms. The largest absolute Gasteiger partial charge is 0.389 e. The van der Waals surface area contributed by atoms with Gasteiger partial charge in [0.1, 0.15) is 0 Å². The van der Waals surface area contributed by atoms with E-state index in [2.05, 4.69) is 0 Å². The van der Waals surface area contributed by atoms with E-state index in [0.717, 1.165) is 0 Å². The monoisotopic (exact) mass is 341 g/mol. The summed E-state index contributed by atoms with van der Waals surface area (Å²) in [6.45, 7) is 4.84. The highest BCUT2D eigenvalue weighted by molar-refractivity contribution is 7.89. The van der Waals surface area contributed by atoms with Gasteiger partial charge in [-0.2, -0.15) is 4.31 Å². The molecule has 0 radical (unpaired) electrons. The van der Waals surface area contributed by atoms with Crippen molar-refractivity contribution < 1.29 is 18.3 Å². The van der Waals surface area contributed by atoms with Gasteiger partial charge in [-0.3, -0.25) is 9.69 Å². The van der Waals surface area contributed by atoms with Crippen LogP contribution >= 0.6 is 0 Å². The molecule has 0 spiro atoms. The standard InChI is InChI=1S/C15H23N3O4S/c1-11(15(16)20)17-6-8-18(9-7-17)23(21,22)14-5-3-4-13(10-14)12(2)19/h3-5,10-12,19H,6-9H2,1-2H3,(H2,16,20)/t11-,12+/m0/s1. The Kier molecular flexibility index (Phi) is 5.41. The Morgan fingerprint density at radius 1 is 1.22 bits per heavy atom. The van der Waals surface area contributed by atoms with Gasteiger partial charge in [-0.25, -0.2) is 8.42 Å². The predicted octanol–water partition coefficient (Wildman–Crippen LogP) is -0.0800. The highest BCUT2D eigenvalue weighted by Crippen LogP contribution is 2.22. The zero-order chi connectivity index (χ0) is 17.2. The highest BCUT2D eigenvalue weighted by atomic mass is 32.2. The van der Waals surface area contributed by atoms with Gasteiger partial charge >= 0.3 is 0 Å². The second-order valence-corrected chi connectivity index (χ2v) is 7.70. The van der Waals surface area contributed by atoms with E-state index in [1.54, 1.807) is 26.0 Å². The average Bonchev–Trinajstić information content (AvgIpc) is 2.54. The first-order chi connectivity index (χ1) is 10.7. The molecule has 0 unspecified atom stereocenters. The lowest BCUT2D eigenvalue weighted by atomic mass is 10.1. The molecule has 1 aromatic rings. The number of aliphatic hydroxyl groups excluding tert-OH is 1. The van der Waals surface area contributed by atoms with Gasteiger partial charge in [0, 0.05) is 26.2 Å². The summed E-state index contributed by atoms with van der Waals surface area (Å²) >= 11 is 0. The highest BCUT2D eigenvalue weighted by Gasteiger charge is 2.31. The lowest BCUT2D eigenvalue weighted by Gasteiger charge is -2.36. The van der Waals surface area contributed by atoms with Crippen LogP contribution in [0.4, 0.5) is 0 Å². The Morgan fingerprint density at radius 2 is 1.83 bits per heavy atom. The predicted molar refractivity (Wildman–Crippen MR) is 86.1 cm³/mol. The molecule has 1 fully saturated rings. The Balaban J connectivity index is 2.13. The molecular formula is C15H23N3O4S. The number of carbonyl (C=O) groups excluding carboxylic acids is 1. The molecule has 23 heavy (non-hydrogen) atoms. The summed E-state index contributed by atoms with van der Waals surface area (Å²) in [6.07, 6.45) is -0.724. The van der Waals surface area contributed by atoms with Crippen molar-refractivity contribution in [3.63, 3.8) is 0 Å². The SMILES string of the molecule is C[C@@H](O)c1cccc(S(=O)(=O)N2CCN([C@@H](C)C(N)=O)CC2)c1. The van der Waals surface area contributed by atoms with Crippen LogP contribution in [-0.2, 0) is 14.8 Å². The lowest BCUT2D eigenvalue weighted by Crippen LogP contribution is -2.54. The molecule has 7 nitrogen and oxygen atoms in total. The molecule has 1 aliphatic heterocycles. The van der Waals surface area contributed by atoms with Crippen molar-refractivity contribution in [2.24, 2.45) is 5.73 Å². The fourth-order valence-corrected chi connectivity index (χ4v) is 4.07. The molecule has 1 aliphatic rings. The minimum atomic E-state index is -3.61. The Hall–Kier alpha value is -1.48. The minimum Gasteiger partial charge on any atom is -0.389 e. The van der Waals surface area contributed by atoms with Crippen LogP contribution < -0.4 is 5.73 Å². The number of aliphatic hydroxyl groups is 1. The number of nitrogens with zero attached hydrogens (tertiary/aromatic N) is 2. The Labute approximate surface area is 136 Å². The van der Waals surface area contributed by atoms with E-state index in [1.807, 2.05) is 4.90 Å². The van der Waals surface area contributed by atoms with Gasteiger partial charge in [-0.1, -0.05) is 12.1 Å². The molecule has 8 heteroatoms. The van der Waals surface area contributed by atoms with Crippen LogP contribution in [0.15, 0.2) is 29.2 Å². The summed E-state index contributed by atoms with van der Waals surface area (Å²) < 4.78 is 26.8. The molecule has 1 amide bonds. The van der Waals surface area contributed by atoms with E-state index in [0.29, 0.717) is 31.7 Å². The fourth-order valence-electron chi connectivity index (χ4n) is 2.60. The van der Waals surface area contributed by atoms with Gasteiger partial charge < -0.3 is 10.8 Å². The van der Waals surface area contributed by atoms with E-state index in [4.69, 9.17) is 5.73 Å². The topological polar surface area (TPSA) is 104 Å². The van der Waals surface area contributed by atoms with Gasteiger partial charge in [0.2, 0.25) is 15.9 Å². The molecule has 128 valence electrons. The number of hydrogen-bond donors (Lipinski definition) is 2. The van der Waals surface area contributed by atoms with Crippen molar-refractivity contribution >= 4 is 15.9 Å². The van der Waals surface area contributed by atoms with Crippen LogP contribution in [0.3, 0.4) is 0 Å². The quantitative estimate of drug-likeness (QED) is 0.779. The number of rotatable bonds is 5. The van der Waals surface area contributed by atoms with E-state index >= 15 is 0 Å². The smallest absolute Gasteiger partial charge is 0.243 e. The minimum absolute atomic E-state index is 0.173. The third-order valence-corrected chi connectivity index (χ3v) is 6.11. The molecule has 3 N–H and O–H groups in total. The first-order valence-electron chi connectivity index (χ1n) is 7.55. The second kappa shape index (κ2) is 6.96. The van der Waals surface area contributed by atoms with Crippen LogP contribution in [0.1, 0.15) is 25.5 Å². The van der Waals surface area contributed by atoms with Crippen LogP contribution in [0.5, 0.6) is 0 Å². The zero-order valence-electron chi connectivity index (χ0n) is 13.3. The van der Waals surface area contributed by atoms with Gasteiger partial charge in [0.15, 0.2) is 0 Å². The van der Waals surface area contributed by atoms with E-state index in [-0.39, 0.29) is 4.90 Å². The molecule has 0 aromatic heterocycles. The molecular weight excluding hydrogens is 318 g/mol. The summed E-state index contributed by atoms with van der Waals surface area (Å²) in [7, 11) is -3.61. The molecule has 1 aromatic carbocycles.